The zero-order valence-corrected chi connectivity index (χ0v) is 13.4. The van der Waals surface area contributed by atoms with Crippen LogP contribution < -0.4 is 5.32 Å². The molecule has 5 rings (SSSR count). The lowest BCUT2D eigenvalue weighted by atomic mass is 10.3. The van der Waals surface area contributed by atoms with E-state index in [1.807, 2.05) is 41.1 Å². The molecule has 2 aliphatic rings. The van der Waals surface area contributed by atoms with E-state index in [0.717, 1.165) is 17.2 Å². The van der Waals surface area contributed by atoms with Crippen LogP contribution in [0.2, 0.25) is 0 Å². The normalized spacial score (nSPS) is 17.3. The first-order chi connectivity index (χ1) is 11.8. The molecule has 2 aliphatic carbocycles. The average molecular weight is 321 g/mol. The summed E-state index contributed by atoms with van der Waals surface area (Å²) in [5.74, 6) is 2.52. The van der Waals surface area contributed by atoms with Crippen molar-refractivity contribution in [3.63, 3.8) is 0 Å². The highest BCUT2D eigenvalue weighted by Crippen LogP contribution is 2.44. The van der Waals surface area contributed by atoms with Gasteiger partial charge in [-0.3, -0.25) is 4.79 Å². The van der Waals surface area contributed by atoms with Crippen LogP contribution in [0.1, 0.15) is 59.6 Å². The number of rotatable bonds is 5. The fourth-order valence-electron chi connectivity index (χ4n) is 3.25. The Balaban J connectivity index is 1.34. The number of amides is 1. The van der Waals surface area contributed by atoms with E-state index >= 15 is 0 Å². The minimum atomic E-state index is -0.0722. The molecule has 24 heavy (non-hydrogen) atoms. The molecule has 0 aromatic carbocycles. The van der Waals surface area contributed by atoms with Crippen molar-refractivity contribution in [2.24, 2.45) is 0 Å². The van der Waals surface area contributed by atoms with Crippen molar-refractivity contribution in [3.05, 3.63) is 53.9 Å². The van der Waals surface area contributed by atoms with Crippen molar-refractivity contribution in [2.75, 3.05) is 0 Å². The molecular formula is C18H19N5O. The number of hydrogen-bond donors (Lipinski definition) is 1. The van der Waals surface area contributed by atoms with Gasteiger partial charge >= 0.3 is 0 Å². The van der Waals surface area contributed by atoms with Gasteiger partial charge in [0, 0.05) is 29.9 Å². The van der Waals surface area contributed by atoms with Crippen LogP contribution in [0.15, 0.2) is 36.7 Å². The highest BCUT2D eigenvalue weighted by Gasteiger charge is 2.36. The van der Waals surface area contributed by atoms with Gasteiger partial charge in [0.15, 0.2) is 5.82 Å². The van der Waals surface area contributed by atoms with Gasteiger partial charge in [-0.05, 0) is 43.9 Å². The molecule has 0 atom stereocenters. The lowest BCUT2D eigenvalue weighted by Crippen LogP contribution is -2.24. The molecule has 0 saturated heterocycles. The summed E-state index contributed by atoms with van der Waals surface area (Å²) >= 11 is 0. The quantitative estimate of drug-likeness (QED) is 0.786. The Labute approximate surface area is 139 Å². The Kier molecular flexibility index (Phi) is 2.98. The second-order valence-corrected chi connectivity index (χ2v) is 6.79. The number of hydrogen-bond acceptors (Lipinski definition) is 3. The summed E-state index contributed by atoms with van der Waals surface area (Å²) in [4.78, 5) is 12.5. The zero-order chi connectivity index (χ0) is 16.1. The van der Waals surface area contributed by atoms with Gasteiger partial charge in [-0.25, -0.2) is 0 Å². The molecule has 1 N–H and O–H groups in total. The van der Waals surface area contributed by atoms with Crippen LogP contribution in [0.25, 0.3) is 5.52 Å². The molecule has 0 unspecified atom stereocenters. The fourth-order valence-corrected chi connectivity index (χ4v) is 3.25. The molecule has 3 heterocycles. The highest BCUT2D eigenvalue weighted by molar-refractivity contribution is 5.95. The Hall–Kier alpha value is -2.63. The Morgan fingerprint density at radius 3 is 2.83 bits per heavy atom. The van der Waals surface area contributed by atoms with Gasteiger partial charge in [0.2, 0.25) is 0 Å². The molecule has 3 aromatic heterocycles. The predicted molar refractivity (Wildman–Crippen MR) is 88.8 cm³/mol. The maximum atomic E-state index is 12.5. The van der Waals surface area contributed by atoms with Gasteiger partial charge in [-0.15, -0.1) is 10.2 Å². The molecule has 6 nitrogen and oxygen atoms in total. The van der Waals surface area contributed by atoms with Gasteiger partial charge in [0.05, 0.1) is 12.1 Å². The Morgan fingerprint density at radius 1 is 1.21 bits per heavy atom. The fraction of sp³-hybridized carbons (Fsp3) is 0.389. The molecule has 0 radical (unpaired) electrons. The van der Waals surface area contributed by atoms with E-state index in [4.69, 9.17) is 0 Å². The Morgan fingerprint density at radius 2 is 2.08 bits per heavy atom. The number of aromatic nitrogens is 4. The van der Waals surface area contributed by atoms with Crippen LogP contribution in [0, 0.1) is 0 Å². The summed E-state index contributed by atoms with van der Waals surface area (Å²) in [5.41, 5.74) is 1.68. The van der Waals surface area contributed by atoms with Gasteiger partial charge in [0.25, 0.3) is 5.91 Å². The van der Waals surface area contributed by atoms with Crippen LogP contribution in [0.5, 0.6) is 0 Å². The van der Waals surface area contributed by atoms with E-state index in [-0.39, 0.29) is 5.91 Å². The van der Waals surface area contributed by atoms with E-state index in [1.165, 1.54) is 25.7 Å². The van der Waals surface area contributed by atoms with Crippen molar-refractivity contribution in [1.82, 2.24) is 24.5 Å². The zero-order valence-electron chi connectivity index (χ0n) is 13.4. The van der Waals surface area contributed by atoms with Gasteiger partial charge < -0.3 is 14.3 Å². The van der Waals surface area contributed by atoms with E-state index in [9.17, 15) is 4.79 Å². The number of fused-ring (bicyclic) bond motifs is 1. The monoisotopic (exact) mass is 321 g/mol. The summed E-state index contributed by atoms with van der Waals surface area (Å²) in [6.45, 7) is 0.432. The van der Waals surface area contributed by atoms with Crippen LogP contribution in [0.3, 0.4) is 0 Å². The molecule has 3 aromatic rings. The molecule has 0 spiro atoms. The van der Waals surface area contributed by atoms with Crippen LogP contribution in [-0.2, 0) is 6.54 Å². The summed E-state index contributed by atoms with van der Waals surface area (Å²) in [6, 6.07) is 8.35. The third kappa shape index (κ3) is 2.38. The topological polar surface area (TPSA) is 64.2 Å². The third-order valence-corrected chi connectivity index (χ3v) is 4.82. The van der Waals surface area contributed by atoms with E-state index in [2.05, 4.69) is 20.1 Å². The summed E-state index contributed by atoms with van der Waals surface area (Å²) in [7, 11) is 0. The number of nitrogens with one attached hydrogen (secondary N) is 1. The van der Waals surface area contributed by atoms with Crippen molar-refractivity contribution in [1.29, 1.82) is 0 Å². The second-order valence-electron chi connectivity index (χ2n) is 6.79. The lowest BCUT2D eigenvalue weighted by molar-refractivity contribution is 0.0949. The van der Waals surface area contributed by atoms with E-state index < -0.39 is 0 Å². The molecule has 0 aliphatic heterocycles. The van der Waals surface area contributed by atoms with Gasteiger partial charge in [0.1, 0.15) is 5.82 Å². The smallest absolute Gasteiger partial charge is 0.253 e. The minimum absolute atomic E-state index is 0.0722. The standard InChI is InChI=1S/C18H19N5O/c24-18(13-9-15-3-1-2-8-22(15)11-13)19-10-16-20-21-17(12-4-5-12)23(16)14-6-7-14/h1-3,8-9,11-12,14H,4-7,10H2,(H,19,24). The van der Waals surface area contributed by atoms with Crippen LogP contribution >= 0.6 is 0 Å². The second kappa shape index (κ2) is 5.19. The highest BCUT2D eigenvalue weighted by atomic mass is 16.1. The predicted octanol–water partition coefficient (Wildman–Crippen LogP) is 2.67. The molecule has 2 saturated carbocycles. The molecule has 0 bridgehead atoms. The van der Waals surface area contributed by atoms with E-state index in [1.54, 1.807) is 0 Å². The molecular weight excluding hydrogens is 302 g/mol. The Bertz CT molecular complexity index is 884. The molecule has 2 fully saturated rings. The average Bonchev–Trinajstić information content (AvgIpc) is 3.53. The summed E-state index contributed by atoms with van der Waals surface area (Å²) < 4.78 is 4.22. The first kappa shape index (κ1) is 13.8. The van der Waals surface area contributed by atoms with Crippen molar-refractivity contribution in [2.45, 2.75) is 44.2 Å². The summed E-state index contributed by atoms with van der Waals surface area (Å²) in [5, 5.41) is 11.7. The van der Waals surface area contributed by atoms with Crippen molar-refractivity contribution < 1.29 is 4.79 Å². The molecule has 122 valence electrons. The minimum Gasteiger partial charge on any atom is -0.345 e. The van der Waals surface area contributed by atoms with Gasteiger partial charge in [-0.1, -0.05) is 6.07 Å². The number of nitrogens with zero attached hydrogens (tertiary/aromatic N) is 4. The maximum absolute atomic E-state index is 12.5. The number of pyridine rings is 1. The largest absolute Gasteiger partial charge is 0.345 e. The molecule has 6 heteroatoms. The van der Waals surface area contributed by atoms with E-state index in [0.29, 0.717) is 24.1 Å². The summed E-state index contributed by atoms with van der Waals surface area (Å²) in [6.07, 6.45) is 8.62. The van der Waals surface area contributed by atoms with Gasteiger partial charge in [-0.2, -0.15) is 0 Å². The third-order valence-electron chi connectivity index (χ3n) is 4.82. The lowest BCUT2D eigenvalue weighted by Gasteiger charge is -2.09. The van der Waals surface area contributed by atoms with Crippen LogP contribution in [-0.4, -0.2) is 25.1 Å². The number of carbonyl (C=O) groups is 1. The maximum Gasteiger partial charge on any atom is 0.253 e. The van der Waals surface area contributed by atoms with Crippen molar-refractivity contribution in [3.8, 4) is 0 Å². The molecule has 1 amide bonds. The van der Waals surface area contributed by atoms with Crippen LogP contribution in [0.4, 0.5) is 0 Å². The first-order valence-corrected chi connectivity index (χ1v) is 8.58. The number of carbonyl (C=O) groups excluding carboxylic acids is 1. The SMILES string of the molecule is O=C(NCc1nnc(C2CC2)n1C1CC1)c1cc2ccccn2c1. The first-order valence-electron chi connectivity index (χ1n) is 8.58. The van der Waals surface area contributed by atoms with Crippen molar-refractivity contribution >= 4 is 11.4 Å².